The Hall–Kier alpha value is -3.52. The maximum atomic E-state index is 12.7. The lowest BCUT2D eigenvalue weighted by Crippen LogP contribution is -2.46. The van der Waals surface area contributed by atoms with Gasteiger partial charge in [-0.3, -0.25) is 15.4 Å². The average Bonchev–Trinajstić information content (AvgIpc) is 3.15. The first-order valence-electron chi connectivity index (χ1n) is 8.40. The predicted octanol–water partition coefficient (Wildman–Crippen LogP) is 2.41. The first kappa shape index (κ1) is 19.2. The van der Waals surface area contributed by atoms with Gasteiger partial charge in [0.15, 0.2) is 5.54 Å². The number of ether oxygens (including phenoxy) is 2. The lowest BCUT2D eigenvalue weighted by atomic mass is 9.90. The van der Waals surface area contributed by atoms with E-state index in [9.17, 15) is 19.7 Å². The molecule has 1 aliphatic heterocycles. The highest BCUT2D eigenvalue weighted by Crippen LogP contribution is 2.40. The Morgan fingerprint density at radius 2 is 1.68 bits per heavy atom. The van der Waals surface area contributed by atoms with Gasteiger partial charge >= 0.3 is 11.9 Å². The number of methoxy groups -OCH3 is 2. The second-order valence-corrected chi connectivity index (χ2v) is 6.18. The van der Waals surface area contributed by atoms with Crippen LogP contribution >= 0.6 is 0 Å². The maximum absolute atomic E-state index is 12.7. The number of hydrogen-bond acceptors (Lipinski definition) is 7. The smallest absolute Gasteiger partial charge is 0.335 e. The van der Waals surface area contributed by atoms with Gasteiger partial charge in [-0.25, -0.2) is 9.59 Å². The molecule has 28 heavy (non-hydrogen) atoms. The molecule has 144 valence electrons. The number of nitrogens with one attached hydrogen (secondary N) is 1. The van der Waals surface area contributed by atoms with Gasteiger partial charge in [-0.05, 0) is 17.2 Å². The molecule has 8 heteroatoms. The van der Waals surface area contributed by atoms with E-state index in [0.717, 1.165) is 0 Å². The standard InChI is InChI=1S/C20H18N2O6/c1-27-18(23)16-12-20(19(24)28-2,14-6-4-3-5-7-14)21-17(16)13-8-10-15(11-9-13)22(25)26/h3-12,17,21H,1-2H3/t17-,20+/m0/s1. The van der Waals surface area contributed by atoms with E-state index in [2.05, 4.69) is 5.32 Å². The van der Waals surface area contributed by atoms with Crippen LogP contribution in [0, 0.1) is 10.1 Å². The van der Waals surface area contributed by atoms with Crippen molar-refractivity contribution in [1.29, 1.82) is 0 Å². The van der Waals surface area contributed by atoms with Gasteiger partial charge in [-0.15, -0.1) is 0 Å². The van der Waals surface area contributed by atoms with E-state index in [0.29, 0.717) is 11.1 Å². The van der Waals surface area contributed by atoms with Crippen LogP contribution in [0.15, 0.2) is 66.2 Å². The maximum Gasteiger partial charge on any atom is 0.335 e. The fraction of sp³-hybridized carbons (Fsp3) is 0.200. The Morgan fingerprint density at radius 1 is 1.04 bits per heavy atom. The number of esters is 2. The predicted molar refractivity (Wildman–Crippen MR) is 99.2 cm³/mol. The summed E-state index contributed by atoms with van der Waals surface area (Å²) in [5.74, 6) is -1.21. The highest BCUT2D eigenvalue weighted by Gasteiger charge is 2.49. The molecule has 2 aromatic rings. The van der Waals surface area contributed by atoms with Crippen LogP contribution in [0.25, 0.3) is 0 Å². The van der Waals surface area contributed by atoms with Crippen LogP contribution in [0.3, 0.4) is 0 Å². The quantitative estimate of drug-likeness (QED) is 0.481. The Balaban J connectivity index is 2.12. The summed E-state index contributed by atoms with van der Waals surface area (Å²) in [6.07, 6.45) is 1.49. The molecule has 0 saturated carbocycles. The van der Waals surface area contributed by atoms with Crippen LogP contribution in [0.5, 0.6) is 0 Å². The molecule has 0 bridgehead atoms. The average molecular weight is 382 g/mol. The zero-order chi connectivity index (χ0) is 20.3. The van der Waals surface area contributed by atoms with Crippen molar-refractivity contribution >= 4 is 17.6 Å². The zero-order valence-electron chi connectivity index (χ0n) is 15.2. The molecule has 1 heterocycles. The molecule has 0 aliphatic carbocycles. The minimum atomic E-state index is -1.40. The van der Waals surface area contributed by atoms with Crippen LogP contribution in [-0.4, -0.2) is 31.1 Å². The molecule has 2 atom stereocenters. The zero-order valence-corrected chi connectivity index (χ0v) is 15.2. The number of nitro groups is 1. The van der Waals surface area contributed by atoms with E-state index in [1.54, 1.807) is 24.3 Å². The van der Waals surface area contributed by atoms with Gasteiger partial charge in [0.1, 0.15) is 0 Å². The van der Waals surface area contributed by atoms with Gasteiger partial charge in [0.05, 0.1) is 30.8 Å². The third-order valence-corrected chi connectivity index (χ3v) is 4.65. The molecule has 2 aromatic carbocycles. The molecule has 0 amide bonds. The largest absolute Gasteiger partial charge is 0.467 e. The molecule has 0 saturated heterocycles. The number of nitro benzene ring substituents is 1. The van der Waals surface area contributed by atoms with Crippen LogP contribution in [-0.2, 0) is 24.6 Å². The van der Waals surface area contributed by atoms with Crippen molar-refractivity contribution in [3.05, 3.63) is 87.5 Å². The SMILES string of the molecule is COC(=O)C1=C[C@](C(=O)OC)(c2ccccc2)N[C@H]1c1ccc([N+](=O)[O-])cc1. The number of hydrogen-bond donors (Lipinski definition) is 1. The molecule has 3 rings (SSSR count). The molecule has 0 unspecified atom stereocenters. The Morgan fingerprint density at radius 3 is 2.21 bits per heavy atom. The molecule has 0 radical (unpaired) electrons. The minimum Gasteiger partial charge on any atom is -0.467 e. The fourth-order valence-electron chi connectivity index (χ4n) is 3.27. The van der Waals surface area contributed by atoms with Gasteiger partial charge in [0.25, 0.3) is 5.69 Å². The van der Waals surface area contributed by atoms with Crippen LogP contribution in [0.1, 0.15) is 17.2 Å². The van der Waals surface area contributed by atoms with Crippen molar-refractivity contribution in [2.75, 3.05) is 14.2 Å². The molecule has 1 N–H and O–H groups in total. The van der Waals surface area contributed by atoms with Crippen LogP contribution in [0.4, 0.5) is 5.69 Å². The summed E-state index contributed by atoms with van der Waals surface area (Å²) in [6.45, 7) is 0. The van der Waals surface area contributed by atoms with E-state index in [4.69, 9.17) is 9.47 Å². The summed E-state index contributed by atoms with van der Waals surface area (Å²) in [6, 6.07) is 13.9. The molecule has 8 nitrogen and oxygen atoms in total. The number of carbonyl (C=O) groups is 2. The molecular formula is C20H18N2O6. The van der Waals surface area contributed by atoms with Crippen molar-refractivity contribution in [3.8, 4) is 0 Å². The Labute approximate surface area is 160 Å². The van der Waals surface area contributed by atoms with Gasteiger partial charge < -0.3 is 9.47 Å². The lowest BCUT2D eigenvalue weighted by Gasteiger charge is -2.28. The topological polar surface area (TPSA) is 108 Å². The first-order valence-corrected chi connectivity index (χ1v) is 8.40. The summed E-state index contributed by atoms with van der Waals surface area (Å²) in [5.41, 5.74) is -0.0960. The van der Waals surface area contributed by atoms with Crippen LogP contribution < -0.4 is 5.32 Å². The van der Waals surface area contributed by atoms with Gasteiger partial charge in [-0.1, -0.05) is 42.5 Å². The van der Waals surface area contributed by atoms with E-state index in [1.165, 1.54) is 44.6 Å². The van der Waals surface area contributed by atoms with Gasteiger partial charge in [-0.2, -0.15) is 0 Å². The molecule has 0 aromatic heterocycles. The fourth-order valence-corrected chi connectivity index (χ4v) is 3.27. The van der Waals surface area contributed by atoms with E-state index in [-0.39, 0.29) is 11.3 Å². The summed E-state index contributed by atoms with van der Waals surface area (Å²) in [7, 11) is 2.51. The third kappa shape index (κ3) is 3.25. The van der Waals surface area contributed by atoms with Crippen molar-refractivity contribution < 1.29 is 24.0 Å². The number of rotatable bonds is 5. The Kier molecular flexibility index (Phi) is 5.23. The summed E-state index contributed by atoms with van der Waals surface area (Å²) < 4.78 is 9.88. The second kappa shape index (κ2) is 7.61. The first-order chi connectivity index (χ1) is 13.4. The van der Waals surface area contributed by atoms with E-state index >= 15 is 0 Å². The van der Waals surface area contributed by atoms with Crippen LogP contribution in [0.2, 0.25) is 0 Å². The summed E-state index contributed by atoms with van der Waals surface area (Å²) in [4.78, 5) is 35.6. The van der Waals surface area contributed by atoms with E-state index < -0.39 is 28.4 Å². The molecule has 0 fully saturated rings. The summed E-state index contributed by atoms with van der Waals surface area (Å²) >= 11 is 0. The van der Waals surface area contributed by atoms with Crippen molar-refractivity contribution in [2.24, 2.45) is 0 Å². The number of benzene rings is 2. The van der Waals surface area contributed by atoms with E-state index in [1.807, 2.05) is 6.07 Å². The van der Waals surface area contributed by atoms with Gasteiger partial charge in [0.2, 0.25) is 0 Å². The van der Waals surface area contributed by atoms with Gasteiger partial charge in [0, 0.05) is 12.1 Å². The lowest BCUT2D eigenvalue weighted by molar-refractivity contribution is -0.384. The van der Waals surface area contributed by atoms with Crippen molar-refractivity contribution in [2.45, 2.75) is 11.6 Å². The molecule has 1 aliphatic rings. The number of carbonyl (C=O) groups excluding carboxylic acids is 2. The number of nitrogens with zero attached hydrogens (tertiary/aromatic N) is 1. The monoisotopic (exact) mass is 382 g/mol. The highest BCUT2D eigenvalue weighted by molar-refractivity contribution is 5.96. The van der Waals surface area contributed by atoms with Crippen molar-refractivity contribution in [1.82, 2.24) is 5.32 Å². The van der Waals surface area contributed by atoms with Crippen molar-refractivity contribution in [3.63, 3.8) is 0 Å². The summed E-state index contributed by atoms with van der Waals surface area (Å²) in [5, 5.41) is 14.1. The molecule has 0 spiro atoms. The highest BCUT2D eigenvalue weighted by atomic mass is 16.6. The second-order valence-electron chi connectivity index (χ2n) is 6.18. The molecular weight excluding hydrogens is 364 g/mol. The Bertz CT molecular complexity index is 939. The third-order valence-electron chi connectivity index (χ3n) is 4.65. The minimum absolute atomic E-state index is 0.0763. The number of non-ortho nitro benzene ring substituents is 1. The normalized spacial score (nSPS) is 20.9.